The summed E-state index contributed by atoms with van der Waals surface area (Å²) < 4.78 is 45.6. The van der Waals surface area contributed by atoms with Gasteiger partial charge in [0.1, 0.15) is 23.5 Å². The van der Waals surface area contributed by atoms with Crippen LogP contribution >= 0.6 is 0 Å². The van der Waals surface area contributed by atoms with Gasteiger partial charge in [0.2, 0.25) is 11.9 Å². The summed E-state index contributed by atoms with van der Waals surface area (Å²) >= 11 is 0. The Labute approximate surface area is 242 Å². The molecule has 0 spiro atoms. The van der Waals surface area contributed by atoms with Crippen LogP contribution in [-0.4, -0.2) is 66.2 Å². The molecule has 0 aliphatic carbocycles. The lowest BCUT2D eigenvalue weighted by Crippen LogP contribution is -2.49. The molecule has 10 heteroatoms. The number of halogens is 3. The van der Waals surface area contributed by atoms with Gasteiger partial charge in [-0.2, -0.15) is 13.2 Å². The van der Waals surface area contributed by atoms with Crippen molar-refractivity contribution in [3.8, 4) is 11.5 Å². The van der Waals surface area contributed by atoms with Crippen LogP contribution in [0.3, 0.4) is 0 Å². The number of carbonyl (C=O) groups is 1. The molecule has 0 bridgehead atoms. The van der Waals surface area contributed by atoms with Crippen LogP contribution < -0.4 is 15.0 Å². The number of hydrogen-bond acceptors (Lipinski definition) is 6. The molecule has 1 N–H and O–H groups in total. The normalized spacial score (nSPS) is 16.4. The number of benzene rings is 3. The van der Waals surface area contributed by atoms with Crippen LogP contribution in [0.5, 0.6) is 11.5 Å². The number of amides is 1. The fraction of sp³-hybridized carbons (Fsp3) is 0.344. The average molecular weight is 576 g/mol. The first-order valence-electron chi connectivity index (χ1n) is 14.2. The van der Waals surface area contributed by atoms with E-state index in [1.807, 2.05) is 30.5 Å². The Morgan fingerprint density at radius 1 is 0.881 bits per heavy atom. The van der Waals surface area contributed by atoms with Gasteiger partial charge in [-0.1, -0.05) is 61.0 Å². The van der Waals surface area contributed by atoms with Crippen molar-refractivity contribution in [1.29, 1.82) is 0 Å². The van der Waals surface area contributed by atoms with Crippen LogP contribution in [0.15, 0.2) is 79.0 Å². The zero-order valence-electron chi connectivity index (χ0n) is 23.1. The Kier molecular flexibility index (Phi) is 7.72. The van der Waals surface area contributed by atoms with E-state index in [4.69, 9.17) is 9.72 Å². The fourth-order valence-electron chi connectivity index (χ4n) is 6.05. The zero-order valence-corrected chi connectivity index (χ0v) is 23.1. The largest absolute Gasteiger partial charge is 0.457 e. The molecule has 0 unspecified atom stereocenters. The Balaban J connectivity index is 1.13. The summed E-state index contributed by atoms with van der Waals surface area (Å²) in [5, 5.41) is 3.20. The van der Waals surface area contributed by atoms with Crippen molar-refractivity contribution in [1.82, 2.24) is 20.2 Å². The van der Waals surface area contributed by atoms with E-state index in [-0.39, 0.29) is 0 Å². The van der Waals surface area contributed by atoms with Crippen molar-refractivity contribution in [3.05, 3.63) is 90.1 Å². The van der Waals surface area contributed by atoms with Crippen molar-refractivity contribution in [2.75, 3.05) is 44.2 Å². The summed E-state index contributed by atoms with van der Waals surface area (Å²) in [7, 11) is 0. The highest BCUT2D eigenvalue weighted by Gasteiger charge is 2.48. The van der Waals surface area contributed by atoms with E-state index in [2.05, 4.69) is 20.1 Å². The van der Waals surface area contributed by atoms with Gasteiger partial charge >= 0.3 is 6.18 Å². The van der Waals surface area contributed by atoms with E-state index >= 15 is 0 Å². The number of unbranched alkanes of at least 4 members (excludes halogenated alkanes) is 1. The highest BCUT2D eigenvalue weighted by atomic mass is 19.4. The van der Waals surface area contributed by atoms with Gasteiger partial charge in [-0.05, 0) is 37.6 Å². The van der Waals surface area contributed by atoms with Crippen LogP contribution in [0.25, 0.3) is 10.9 Å². The number of nitrogens with zero attached hydrogens (tertiary/aromatic N) is 4. The average Bonchev–Trinajstić information content (AvgIpc) is 3.01. The second-order valence-corrected chi connectivity index (χ2v) is 10.8. The van der Waals surface area contributed by atoms with Crippen molar-refractivity contribution in [2.45, 2.75) is 30.9 Å². The molecule has 1 saturated heterocycles. The summed E-state index contributed by atoms with van der Waals surface area (Å²) in [6.45, 7) is 2.76. The first kappa shape index (κ1) is 28.0. The highest BCUT2D eigenvalue weighted by molar-refractivity contribution is 5.94. The summed E-state index contributed by atoms with van der Waals surface area (Å²) in [6.07, 6.45) is -0.848. The van der Waals surface area contributed by atoms with Gasteiger partial charge in [0, 0.05) is 48.9 Å². The van der Waals surface area contributed by atoms with Gasteiger partial charge in [0.15, 0.2) is 0 Å². The molecule has 2 aliphatic heterocycles. The third-order valence-electron chi connectivity index (χ3n) is 8.16. The lowest BCUT2D eigenvalue weighted by molar-refractivity contribution is -0.141. The fourth-order valence-corrected chi connectivity index (χ4v) is 6.05. The topological polar surface area (TPSA) is 70.6 Å². The first-order valence-corrected chi connectivity index (χ1v) is 14.2. The number of carbonyl (C=O) groups excluding carboxylic acids is 1. The Bertz CT molecular complexity index is 1520. The lowest BCUT2D eigenvalue weighted by Gasteiger charge is -2.39. The van der Waals surface area contributed by atoms with Gasteiger partial charge in [-0.15, -0.1) is 0 Å². The predicted molar refractivity (Wildman–Crippen MR) is 155 cm³/mol. The Hall–Kier alpha value is -4.18. The summed E-state index contributed by atoms with van der Waals surface area (Å²) in [6, 6.07) is 22.2. The monoisotopic (exact) mass is 575 g/mol. The first-order chi connectivity index (χ1) is 20.3. The molecule has 1 amide bonds. The van der Waals surface area contributed by atoms with Crippen LogP contribution in [0.4, 0.5) is 19.1 Å². The molecule has 1 fully saturated rings. The molecular weight excluding hydrogens is 543 g/mol. The van der Waals surface area contributed by atoms with Gasteiger partial charge in [-0.25, -0.2) is 9.97 Å². The molecule has 3 aromatic carbocycles. The number of aromatic nitrogens is 2. The number of rotatable bonds is 8. The van der Waals surface area contributed by atoms with Crippen molar-refractivity contribution >= 4 is 22.8 Å². The maximum atomic E-state index is 13.7. The number of piperazine rings is 1. The van der Waals surface area contributed by atoms with E-state index < -0.39 is 24.0 Å². The number of ether oxygens (including phenoxy) is 1. The van der Waals surface area contributed by atoms with Crippen molar-refractivity contribution in [3.63, 3.8) is 0 Å². The van der Waals surface area contributed by atoms with E-state index in [9.17, 15) is 18.0 Å². The number of nitrogens with one attached hydrogen (secondary N) is 1. The van der Waals surface area contributed by atoms with Crippen LogP contribution in [0.1, 0.15) is 30.4 Å². The molecule has 7 nitrogen and oxygen atoms in total. The predicted octanol–water partition coefficient (Wildman–Crippen LogP) is 5.69. The van der Waals surface area contributed by atoms with E-state index in [0.717, 1.165) is 56.0 Å². The number of fused-ring (bicyclic) bond motifs is 3. The van der Waals surface area contributed by atoms with Gasteiger partial charge < -0.3 is 15.0 Å². The molecule has 4 aromatic rings. The second-order valence-electron chi connectivity index (χ2n) is 10.8. The maximum Gasteiger partial charge on any atom is 0.405 e. The molecule has 0 radical (unpaired) electrons. The number of hydrogen-bond donors (Lipinski definition) is 1. The van der Waals surface area contributed by atoms with E-state index in [1.54, 1.807) is 48.5 Å². The minimum atomic E-state index is -4.51. The minimum absolute atomic E-state index is 0.360. The molecule has 218 valence electrons. The quantitative estimate of drug-likeness (QED) is 0.272. The molecule has 6 rings (SSSR count). The third-order valence-corrected chi connectivity index (χ3v) is 8.16. The summed E-state index contributed by atoms with van der Waals surface area (Å²) in [4.78, 5) is 27.6. The number of anilines is 1. The lowest BCUT2D eigenvalue weighted by atomic mass is 9.68. The van der Waals surface area contributed by atoms with E-state index in [1.165, 1.54) is 0 Å². The van der Waals surface area contributed by atoms with Crippen molar-refractivity contribution in [2.24, 2.45) is 0 Å². The van der Waals surface area contributed by atoms with Gasteiger partial charge in [-0.3, -0.25) is 9.69 Å². The standard InChI is InChI=1S/C32H32F3N5O2/c33-32(34,35)22-37-29(41)31(24-10-2-5-13-27(24)42-28-14-6-3-11-25(28)31)15-7-8-16-39-17-19-40(20-18-39)30-36-21-23-9-1-4-12-26(23)38-30/h1-6,9-14,21H,7-8,15-20,22H2,(H,37,41). The summed E-state index contributed by atoms with van der Waals surface area (Å²) in [5.74, 6) is 1.06. The smallest absolute Gasteiger partial charge is 0.405 e. The molecule has 0 saturated carbocycles. The Morgan fingerprint density at radius 2 is 1.52 bits per heavy atom. The highest BCUT2D eigenvalue weighted by Crippen LogP contribution is 2.50. The van der Waals surface area contributed by atoms with Crippen LogP contribution in [-0.2, 0) is 10.2 Å². The van der Waals surface area contributed by atoms with E-state index in [0.29, 0.717) is 35.5 Å². The van der Waals surface area contributed by atoms with Crippen molar-refractivity contribution < 1.29 is 22.7 Å². The Morgan fingerprint density at radius 3 is 2.21 bits per heavy atom. The second kappa shape index (κ2) is 11.6. The summed E-state index contributed by atoms with van der Waals surface area (Å²) in [5.41, 5.74) is 0.817. The minimum Gasteiger partial charge on any atom is -0.457 e. The van der Waals surface area contributed by atoms with Crippen LogP contribution in [0.2, 0.25) is 0 Å². The van der Waals surface area contributed by atoms with Gasteiger partial charge in [0.05, 0.1) is 5.52 Å². The molecule has 2 aliphatic rings. The van der Waals surface area contributed by atoms with Crippen LogP contribution in [0, 0.1) is 0 Å². The molecule has 42 heavy (non-hydrogen) atoms. The molecule has 0 atom stereocenters. The number of alkyl halides is 3. The third kappa shape index (κ3) is 5.63. The number of para-hydroxylation sites is 3. The molecule has 3 heterocycles. The zero-order chi connectivity index (χ0) is 29.2. The SMILES string of the molecule is O=C(NCC(F)(F)F)C1(CCCCN2CCN(c3ncc4ccccc4n3)CC2)c2ccccc2Oc2ccccc21. The maximum absolute atomic E-state index is 13.7. The molecule has 1 aromatic heterocycles. The van der Waals surface area contributed by atoms with Gasteiger partial charge in [0.25, 0.3) is 0 Å². The molecular formula is C32H32F3N5O2.